The molecule has 1 aromatic rings. The van der Waals surface area contributed by atoms with E-state index in [1.165, 1.54) is 19.1 Å². The third-order valence-electron chi connectivity index (χ3n) is 4.86. The molecule has 2 aliphatic rings. The Morgan fingerprint density at radius 3 is 2.86 bits per heavy atom. The number of hydrogen-bond donors (Lipinski definition) is 0. The van der Waals surface area contributed by atoms with Crippen molar-refractivity contribution in [3.8, 4) is 0 Å². The van der Waals surface area contributed by atoms with Gasteiger partial charge in [0.2, 0.25) is 0 Å². The van der Waals surface area contributed by atoms with E-state index in [2.05, 4.69) is 11.9 Å². The lowest BCUT2D eigenvalue weighted by Gasteiger charge is -2.42. The van der Waals surface area contributed by atoms with Crippen molar-refractivity contribution in [2.45, 2.75) is 50.3 Å². The predicted octanol–water partition coefficient (Wildman–Crippen LogP) is 3.36. The van der Waals surface area contributed by atoms with Gasteiger partial charge in [-0.15, -0.1) is 0 Å². The van der Waals surface area contributed by atoms with E-state index in [1.54, 1.807) is 6.07 Å². The van der Waals surface area contributed by atoms with Crippen molar-refractivity contribution in [2.75, 3.05) is 7.05 Å². The zero-order valence-electron chi connectivity index (χ0n) is 12.2. The number of esters is 1. The maximum atomic E-state index is 13.3. The standard InChI is InChI=1S/C16H19ClFNO2/c1-9(20)21-16-13(8-11-4-6-15(16)19(11)2)12-5-3-10(18)7-14(12)17/h3,5,7,11,13,15-16H,4,6,8H2,1-2H3. The highest BCUT2D eigenvalue weighted by Crippen LogP contribution is 2.45. The van der Waals surface area contributed by atoms with Gasteiger partial charge in [0.05, 0.1) is 0 Å². The van der Waals surface area contributed by atoms with Gasteiger partial charge in [-0.2, -0.15) is 0 Å². The highest BCUT2D eigenvalue weighted by molar-refractivity contribution is 6.31. The molecule has 114 valence electrons. The van der Waals surface area contributed by atoms with E-state index < -0.39 is 0 Å². The maximum Gasteiger partial charge on any atom is 0.302 e. The second-order valence-electron chi connectivity index (χ2n) is 6.05. The smallest absolute Gasteiger partial charge is 0.302 e. The minimum atomic E-state index is -0.344. The zero-order chi connectivity index (χ0) is 15.1. The third kappa shape index (κ3) is 2.67. The van der Waals surface area contributed by atoms with Crippen molar-refractivity contribution < 1.29 is 13.9 Å². The lowest BCUT2D eigenvalue weighted by molar-refractivity contribution is -0.153. The number of hydrogen-bond acceptors (Lipinski definition) is 3. The van der Waals surface area contributed by atoms with Gasteiger partial charge in [0.15, 0.2) is 0 Å². The van der Waals surface area contributed by atoms with E-state index in [1.807, 2.05) is 0 Å². The Morgan fingerprint density at radius 2 is 2.19 bits per heavy atom. The van der Waals surface area contributed by atoms with Gasteiger partial charge in [0.1, 0.15) is 11.9 Å². The first kappa shape index (κ1) is 14.8. The molecule has 2 fully saturated rings. The molecule has 0 aromatic heterocycles. The maximum absolute atomic E-state index is 13.3. The summed E-state index contributed by atoms with van der Waals surface area (Å²) in [5.41, 5.74) is 0.884. The zero-order valence-corrected chi connectivity index (χ0v) is 12.9. The second-order valence-corrected chi connectivity index (χ2v) is 6.45. The Balaban J connectivity index is 1.96. The molecule has 3 nitrogen and oxygen atoms in total. The normalized spacial score (nSPS) is 32.2. The number of fused-ring (bicyclic) bond motifs is 2. The first-order valence-electron chi connectivity index (χ1n) is 7.31. The lowest BCUT2D eigenvalue weighted by Crippen LogP contribution is -2.50. The van der Waals surface area contributed by atoms with Crippen molar-refractivity contribution in [3.63, 3.8) is 0 Å². The van der Waals surface area contributed by atoms with E-state index in [0.717, 1.165) is 24.8 Å². The van der Waals surface area contributed by atoms with E-state index in [4.69, 9.17) is 16.3 Å². The summed E-state index contributed by atoms with van der Waals surface area (Å²) < 4.78 is 18.9. The molecule has 2 saturated heterocycles. The summed E-state index contributed by atoms with van der Waals surface area (Å²) >= 11 is 6.22. The van der Waals surface area contributed by atoms with Crippen LogP contribution in [0, 0.1) is 5.82 Å². The average molecular weight is 312 g/mol. The third-order valence-corrected chi connectivity index (χ3v) is 5.19. The summed E-state index contributed by atoms with van der Waals surface area (Å²) in [6.45, 7) is 1.43. The van der Waals surface area contributed by atoms with E-state index in [9.17, 15) is 9.18 Å². The number of carbonyl (C=O) groups excluding carboxylic acids is 1. The number of carbonyl (C=O) groups is 1. The quantitative estimate of drug-likeness (QED) is 0.784. The highest BCUT2D eigenvalue weighted by atomic mass is 35.5. The van der Waals surface area contributed by atoms with Gasteiger partial charge in [0, 0.05) is 29.9 Å². The monoisotopic (exact) mass is 311 g/mol. The number of likely N-dealkylation sites (N-methyl/N-ethyl adjacent to an activating group) is 1. The molecule has 0 aliphatic carbocycles. The van der Waals surface area contributed by atoms with E-state index in [-0.39, 0.29) is 29.9 Å². The Kier molecular flexibility index (Phi) is 3.93. The highest BCUT2D eigenvalue weighted by Gasteiger charge is 2.48. The van der Waals surface area contributed by atoms with Crippen molar-refractivity contribution in [3.05, 3.63) is 34.6 Å². The van der Waals surface area contributed by atoms with Crippen molar-refractivity contribution in [2.24, 2.45) is 0 Å². The molecular weight excluding hydrogens is 293 g/mol. The molecule has 3 rings (SSSR count). The van der Waals surface area contributed by atoms with Gasteiger partial charge in [-0.05, 0) is 44.0 Å². The Labute approximate surface area is 129 Å². The van der Waals surface area contributed by atoms with Gasteiger partial charge in [0.25, 0.3) is 0 Å². The molecule has 5 heteroatoms. The van der Waals surface area contributed by atoms with Crippen LogP contribution in [0.2, 0.25) is 5.02 Å². The molecule has 21 heavy (non-hydrogen) atoms. The molecular formula is C16H19ClFNO2. The fraction of sp³-hybridized carbons (Fsp3) is 0.562. The molecule has 0 spiro atoms. The van der Waals surface area contributed by atoms with Gasteiger partial charge in [-0.1, -0.05) is 17.7 Å². The number of rotatable bonds is 2. The van der Waals surface area contributed by atoms with Crippen LogP contribution in [0.25, 0.3) is 0 Å². The van der Waals surface area contributed by atoms with Crippen LogP contribution in [-0.4, -0.2) is 36.1 Å². The number of ether oxygens (including phenoxy) is 1. The number of nitrogens with zero attached hydrogens (tertiary/aromatic N) is 1. The van der Waals surface area contributed by atoms with Crippen molar-refractivity contribution >= 4 is 17.6 Å². The molecule has 0 radical (unpaired) electrons. The SMILES string of the molecule is CC(=O)OC1C(c2ccc(F)cc2Cl)CC2CCC1N2C. The van der Waals surface area contributed by atoms with Crippen LogP contribution in [-0.2, 0) is 9.53 Å². The number of benzene rings is 1. The Hall–Kier alpha value is -1.13. The first-order chi connectivity index (χ1) is 9.97. The van der Waals surface area contributed by atoms with Crippen LogP contribution in [0.3, 0.4) is 0 Å². The molecule has 1 aromatic carbocycles. The predicted molar refractivity (Wildman–Crippen MR) is 78.9 cm³/mol. The first-order valence-corrected chi connectivity index (χ1v) is 7.69. The number of halogens is 2. The molecule has 2 heterocycles. The summed E-state index contributed by atoms with van der Waals surface area (Å²) in [4.78, 5) is 13.8. The summed E-state index contributed by atoms with van der Waals surface area (Å²) in [7, 11) is 2.08. The summed E-state index contributed by atoms with van der Waals surface area (Å²) in [6.07, 6.45) is 2.80. The molecule has 0 saturated carbocycles. The Bertz CT molecular complexity index is 565. The molecule has 2 bridgehead atoms. The topological polar surface area (TPSA) is 29.5 Å². The summed E-state index contributed by atoms with van der Waals surface area (Å²) in [5.74, 6) is -0.582. The second kappa shape index (κ2) is 5.58. The molecule has 4 unspecified atom stereocenters. The fourth-order valence-corrected chi connectivity index (χ4v) is 4.18. The molecule has 0 amide bonds. The Morgan fingerprint density at radius 1 is 1.43 bits per heavy atom. The largest absolute Gasteiger partial charge is 0.460 e. The summed E-state index contributed by atoms with van der Waals surface area (Å²) in [6, 6.07) is 5.18. The van der Waals surface area contributed by atoms with Crippen molar-refractivity contribution in [1.82, 2.24) is 4.90 Å². The van der Waals surface area contributed by atoms with Gasteiger partial charge in [-0.3, -0.25) is 9.69 Å². The van der Waals surface area contributed by atoms with E-state index in [0.29, 0.717) is 11.1 Å². The van der Waals surface area contributed by atoms with Crippen LogP contribution in [0.4, 0.5) is 4.39 Å². The summed E-state index contributed by atoms with van der Waals surface area (Å²) in [5, 5.41) is 0.418. The minimum Gasteiger partial charge on any atom is -0.460 e. The minimum absolute atomic E-state index is 0.0377. The lowest BCUT2D eigenvalue weighted by atomic mass is 9.82. The van der Waals surface area contributed by atoms with Crippen LogP contribution in [0.5, 0.6) is 0 Å². The van der Waals surface area contributed by atoms with Crippen molar-refractivity contribution in [1.29, 1.82) is 0 Å². The molecule has 4 atom stereocenters. The van der Waals surface area contributed by atoms with Gasteiger partial charge >= 0.3 is 5.97 Å². The van der Waals surface area contributed by atoms with Crippen LogP contribution >= 0.6 is 11.6 Å². The van der Waals surface area contributed by atoms with Crippen LogP contribution in [0.1, 0.15) is 37.7 Å². The molecule has 0 N–H and O–H groups in total. The van der Waals surface area contributed by atoms with Gasteiger partial charge < -0.3 is 4.74 Å². The van der Waals surface area contributed by atoms with Crippen LogP contribution < -0.4 is 0 Å². The average Bonchev–Trinajstić information content (AvgIpc) is 2.64. The van der Waals surface area contributed by atoms with Gasteiger partial charge in [-0.25, -0.2) is 4.39 Å². The van der Waals surface area contributed by atoms with E-state index >= 15 is 0 Å². The fourth-order valence-electron chi connectivity index (χ4n) is 3.88. The molecule has 2 aliphatic heterocycles. The number of piperidine rings is 1. The van der Waals surface area contributed by atoms with Crippen LogP contribution in [0.15, 0.2) is 18.2 Å².